The molecule has 2 heterocycles. The van der Waals surface area contributed by atoms with Crippen LogP contribution in [0.2, 0.25) is 0 Å². The molecule has 1 amide bonds. The number of hydrogen-bond donors (Lipinski definition) is 1. The van der Waals surface area contributed by atoms with Crippen LogP contribution < -0.4 is 15.6 Å². The van der Waals surface area contributed by atoms with Gasteiger partial charge < -0.3 is 14.6 Å². The molecule has 0 atom stereocenters. The molecule has 31 heavy (non-hydrogen) atoms. The number of carbonyl (C=O) groups is 1. The van der Waals surface area contributed by atoms with Crippen LogP contribution in [-0.4, -0.2) is 33.7 Å². The van der Waals surface area contributed by atoms with Crippen LogP contribution in [0, 0.1) is 13.8 Å². The van der Waals surface area contributed by atoms with E-state index in [1.807, 2.05) is 19.9 Å². The minimum absolute atomic E-state index is 0.151. The summed E-state index contributed by atoms with van der Waals surface area (Å²) < 4.78 is 8.33. The first-order valence-electron chi connectivity index (χ1n) is 10.0. The molecule has 0 saturated carbocycles. The quantitative estimate of drug-likeness (QED) is 0.524. The number of benzene rings is 2. The maximum Gasteiger partial charge on any atom is 0.276 e. The van der Waals surface area contributed by atoms with Gasteiger partial charge in [0.05, 0.1) is 12.8 Å². The number of nitrogens with zero attached hydrogens (tertiary/aromatic N) is 3. The summed E-state index contributed by atoms with van der Waals surface area (Å²) in [6, 6.07) is 14.9. The van der Waals surface area contributed by atoms with Crippen LogP contribution >= 0.6 is 0 Å². The lowest BCUT2D eigenvalue weighted by Gasteiger charge is -2.08. The van der Waals surface area contributed by atoms with Crippen LogP contribution in [0.4, 0.5) is 0 Å². The minimum atomic E-state index is -0.213. The van der Waals surface area contributed by atoms with E-state index in [4.69, 9.17) is 4.74 Å². The molecule has 0 spiro atoms. The van der Waals surface area contributed by atoms with Crippen molar-refractivity contribution in [2.24, 2.45) is 0 Å². The van der Waals surface area contributed by atoms with Gasteiger partial charge in [-0.2, -0.15) is 5.10 Å². The molecule has 0 unspecified atom stereocenters. The Hall–Kier alpha value is -3.87. The van der Waals surface area contributed by atoms with Gasteiger partial charge in [0.2, 0.25) is 0 Å². The molecule has 158 valence electrons. The van der Waals surface area contributed by atoms with Gasteiger partial charge in [-0.1, -0.05) is 23.8 Å². The van der Waals surface area contributed by atoms with Crippen LogP contribution in [0.25, 0.3) is 16.8 Å². The predicted octanol–water partition coefficient (Wildman–Crippen LogP) is 3.22. The van der Waals surface area contributed by atoms with E-state index in [1.54, 1.807) is 52.9 Å². The molecule has 0 saturated heterocycles. The normalized spacial score (nSPS) is 10.9. The standard InChI is InChI=1S/C24H24N4O3/c1-16-7-8-17(2)20(13-16)21-15-22-24(30)27(11-12-28(22)26-21)10-9-25-23(29)18-5-4-6-19(14-18)31-3/h4-8,11-15H,9-10H2,1-3H3,(H,25,29). The van der Waals surface area contributed by atoms with E-state index in [9.17, 15) is 9.59 Å². The third kappa shape index (κ3) is 4.21. The predicted molar refractivity (Wildman–Crippen MR) is 120 cm³/mol. The maximum atomic E-state index is 12.9. The molecule has 2 aromatic carbocycles. The van der Waals surface area contributed by atoms with E-state index in [0.717, 1.165) is 22.4 Å². The largest absolute Gasteiger partial charge is 0.497 e. The molecular formula is C24H24N4O3. The smallest absolute Gasteiger partial charge is 0.276 e. The Balaban J connectivity index is 1.51. The van der Waals surface area contributed by atoms with Gasteiger partial charge in [0.25, 0.3) is 11.5 Å². The molecule has 4 rings (SSSR count). The zero-order valence-corrected chi connectivity index (χ0v) is 17.8. The van der Waals surface area contributed by atoms with Crippen molar-refractivity contribution in [1.82, 2.24) is 19.5 Å². The Morgan fingerprint density at radius 1 is 1.10 bits per heavy atom. The summed E-state index contributed by atoms with van der Waals surface area (Å²) in [5.74, 6) is 0.407. The molecule has 0 radical (unpaired) electrons. The van der Waals surface area contributed by atoms with Gasteiger partial charge in [-0.3, -0.25) is 9.59 Å². The van der Waals surface area contributed by atoms with E-state index in [0.29, 0.717) is 29.9 Å². The van der Waals surface area contributed by atoms with Crippen molar-refractivity contribution in [1.29, 1.82) is 0 Å². The first-order valence-corrected chi connectivity index (χ1v) is 10.0. The van der Waals surface area contributed by atoms with Crippen LogP contribution in [0.5, 0.6) is 5.75 Å². The number of aromatic nitrogens is 3. The van der Waals surface area contributed by atoms with Crippen molar-refractivity contribution < 1.29 is 9.53 Å². The van der Waals surface area contributed by atoms with E-state index in [2.05, 4.69) is 28.6 Å². The monoisotopic (exact) mass is 416 g/mol. The number of nitrogens with one attached hydrogen (secondary N) is 1. The summed E-state index contributed by atoms with van der Waals surface area (Å²) in [7, 11) is 1.56. The number of carbonyl (C=O) groups excluding carboxylic acids is 1. The van der Waals surface area contributed by atoms with Crippen LogP contribution in [0.1, 0.15) is 21.5 Å². The van der Waals surface area contributed by atoms with Crippen molar-refractivity contribution in [3.63, 3.8) is 0 Å². The third-order valence-electron chi connectivity index (χ3n) is 5.24. The highest BCUT2D eigenvalue weighted by Crippen LogP contribution is 2.23. The fraction of sp³-hybridized carbons (Fsp3) is 0.208. The Labute approximate surface area is 179 Å². The zero-order valence-electron chi connectivity index (χ0n) is 17.8. The lowest BCUT2D eigenvalue weighted by molar-refractivity contribution is 0.0952. The summed E-state index contributed by atoms with van der Waals surface area (Å²) in [5, 5.41) is 7.42. The Morgan fingerprint density at radius 3 is 2.74 bits per heavy atom. The van der Waals surface area contributed by atoms with E-state index < -0.39 is 0 Å². The number of methoxy groups -OCH3 is 1. The maximum absolute atomic E-state index is 12.9. The average Bonchev–Trinajstić information content (AvgIpc) is 3.22. The number of fused-ring (bicyclic) bond motifs is 1. The molecule has 7 heteroatoms. The molecule has 7 nitrogen and oxygen atoms in total. The van der Waals surface area contributed by atoms with Gasteiger partial charge in [-0.05, 0) is 49.7 Å². The molecule has 0 fully saturated rings. The number of aryl methyl sites for hydroxylation is 2. The van der Waals surface area contributed by atoms with Crippen LogP contribution in [-0.2, 0) is 6.54 Å². The lowest BCUT2D eigenvalue weighted by Crippen LogP contribution is -2.31. The average molecular weight is 416 g/mol. The molecule has 0 bridgehead atoms. The zero-order chi connectivity index (χ0) is 22.0. The van der Waals surface area contributed by atoms with Crippen molar-refractivity contribution in [2.45, 2.75) is 20.4 Å². The van der Waals surface area contributed by atoms with Gasteiger partial charge in [0, 0.05) is 36.6 Å². The summed E-state index contributed by atoms with van der Waals surface area (Å²) in [6.45, 7) is 4.74. The fourth-order valence-electron chi connectivity index (χ4n) is 3.50. The highest BCUT2D eigenvalue weighted by atomic mass is 16.5. The van der Waals surface area contributed by atoms with Crippen molar-refractivity contribution in [3.8, 4) is 17.0 Å². The second-order valence-electron chi connectivity index (χ2n) is 7.46. The van der Waals surface area contributed by atoms with Crippen molar-refractivity contribution >= 4 is 11.4 Å². The minimum Gasteiger partial charge on any atom is -0.497 e. The molecular weight excluding hydrogens is 392 g/mol. The highest BCUT2D eigenvalue weighted by Gasteiger charge is 2.12. The molecule has 1 N–H and O–H groups in total. The summed E-state index contributed by atoms with van der Waals surface area (Å²) in [6.07, 6.45) is 3.45. The second kappa shape index (κ2) is 8.47. The SMILES string of the molecule is COc1cccc(C(=O)NCCn2ccn3nc(-c4cc(C)ccc4C)cc3c2=O)c1. The highest BCUT2D eigenvalue weighted by molar-refractivity contribution is 5.94. The van der Waals surface area contributed by atoms with Gasteiger partial charge in [-0.25, -0.2) is 4.52 Å². The molecule has 2 aromatic heterocycles. The Morgan fingerprint density at radius 2 is 1.94 bits per heavy atom. The van der Waals surface area contributed by atoms with Crippen molar-refractivity contribution in [3.05, 3.63) is 88.0 Å². The summed E-state index contributed by atoms with van der Waals surface area (Å²) in [4.78, 5) is 25.3. The molecule has 0 aliphatic carbocycles. The first kappa shape index (κ1) is 20.4. The molecule has 0 aliphatic rings. The van der Waals surface area contributed by atoms with Crippen molar-refractivity contribution in [2.75, 3.05) is 13.7 Å². The van der Waals surface area contributed by atoms with Gasteiger partial charge in [0.15, 0.2) is 0 Å². The lowest BCUT2D eigenvalue weighted by atomic mass is 10.0. The fourth-order valence-corrected chi connectivity index (χ4v) is 3.50. The van der Waals surface area contributed by atoms with Gasteiger partial charge in [0.1, 0.15) is 11.3 Å². The van der Waals surface area contributed by atoms with Crippen LogP contribution in [0.15, 0.2) is 65.7 Å². The van der Waals surface area contributed by atoms with E-state index in [-0.39, 0.29) is 11.5 Å². The number of rotatable bonds is 6. The third-order valence-corrected chi connectivity index (χ3v) is 5.24. The van der Waals surface area contributed by atoms with E-state index in [1.165, 1.54) is 0 Å². The number of amides is 1. The molecule has 4 aromatic rings. The Kier molecular flexibility index (Phi) is 5.58. The first-order chi connectivity index (χ1) is 15.0. The van der Waals surface area contributed by atoms with Crippen LogP contribution in [0.3, 0.4) is 0 Å². The van der Waals surface area contributed by atoms with E-state index >= 15 is 0 Å². The number of hydrogen-bond acceptors (Lipinski definition) is 4. The number of ether oxygens (including phenoxy) is 1. The topological polar surface area (TPSA) is 77.6 Å². The van der Waals surface area contributed by atoms with Gasteiger partial charge >= 0.3 is 0 Å². The summed E-state index contributed by atoms with van der Waals surface area (Å²) >= 11 is 0. The molecule has 0 aliphatic heterocycles. The second-order valence-corrected chi connectivity index (χ2v) is 7.46. The summed E-state index contributed by atoms with van der Waals surface area (Å²) in [5.41, 5.74) is 4.88. The Bertz CT molecular complexity index is 1320. The van der Waals surface area contributed by atoms with Gasteiger partial charge in [-0.15, -0.1) is 0 Å².